The van der Waals surface area contributed by atoms with Gasteiger partial charge in [-0.05, 0) is 59.2 Å². The molecule has 2 atom stereocenters. The molecule has 4 aromatic rings. The van der Waals surface area contributed by atoms with Crippen LogP contribution in [0.3, 0.4) is 0 Å². The van der Waals surface area contributed by atoms with Crippen molar-refractivity contribution < 1.29 is 9.84 Å². The third-order valence-electron chi connectivity index (χ3n) is 7.74. The van der Waals surface area contributed by atoms with Crippen LogP contribution in [-0.4, -0.2) is 49.8 Å². The first-order valence-corrected chi connectivity index (χ1v) is 14.1. The molecule has 4 nitrogen and oxygen atoms in total. The standard InChI is InChI=1S/C33H34Cl2N2O2/c1-39-31-16-12-27(13-17-31)33(38,23-25-6-3-2-4-7-25)32(26-10-14-28(34)15-11-26)24-36-18-20-37(21-19-36)30-9-5-8-29(35)22-30/h2-17,22,32,38H,18-21,23-24H2,1H3/t32-,33-/m0/s1. The van der Waals surface area contributed by atoms with Gasteiger partial charge >= 0.3 is 0 Å². The van der Waals surface area contributed by atoms with E-state index >= 15 is 0 Å². The average Bonchev–Trinajstić information content (AvgIpc) is 2.97. The molecule has 5 rings (SSSR count). The Kier molecular flexibility index (Phi) is 8.79. The molecule has 0 spiro atoms. The summed E-state index contributed by atoms with van der Waals surface area (Å²) in [6.07, 6.45) is 0.482. The second-order valence-electron chi connectivity index (χ2n) is 10.2. The second kappa shape index (κ2) is 12.4. The van der Waals surface area contributed by atoms with Gasteiger partial charge in [-0.2, -0.15) is 0 Å². The topological polar surface area (TPSA) is 35.9 Å². The van der Waals surface area contributed by atoms with Crippen molar-refractivity contribution in [1.82, 2.24) is 4.90 Å². The minimum absolute atomic E-state index is 0.193. The summed E-state index contributed by atoms with van der Waals surface area (Å²) in [7, 11) is 1.66. The molecule has 1 aliphatic rings. The fourth-order valence-corrected chi connectivity index (χ4v) is 5.87. The van der Waals surface area contributed by atoms with Crippen molar-refractivity contribution in [1.29, 1.82) is 0 Å². The molecule has 1 aliphatic heterocycles. The Labute approximate surface area is 241 Å². The first kappa shape index (κ1) is 27.5. The second-order valence-corrected chi connectivity index (χ2v) is 11.1. The van der Waals surface area contributed by atoms with Crippen LogP contribution in [0.15, 0.2) is 103 Å². The molecule has 0 amide bonds. The van der Waals surface area contributed by atoms with Gasteiger partial charge in [0, 0.05) is 60.8 Å². The fraction of sp³-hybridized carbons (Fsp3) is 0.273. The van der Waals surface area contributed by atoms with E-state index in [4.69, 9.17) is 27.9 Å². The summed E-state index contributed by atoms with van der Waals surface area (Å²) in [4.78, 5) is 4.83. The number of aliphatic hydroxyl groups is 1. The Morgan fingerprint density at radius 3 is 2.13 bits per heavy atom. The van der Waals surface area contributed by atoms with Gasteiger partial charge < -0.3 is 14.7 Å². The summed E-state index contributed by atoms with van der Waals surface area (Å²) in [6.45, 7) is 4.28. The Morgan fingerprint density at radius 2 is 1.49 bits per heavy atom. The van der Waals surface area contributed by atoms with E-state index in [-0.39, 0.29) is 5.92 Å². The average molecular weight is 562 g/mol. The highest BCUT2D eigenvalue weighted by Crippen LogP contribution is 2.41. The molecule has 1 saturated heterocycles. The largest absolute Gasteiger partial charge is 0.497 e. The first-order chi connectivity index (χ1) is 18.9. The predicted molar refractivity (Wildman–Crippen MR) is 161 cm³/mol. The van der Waals surface area contributed by atoms with Crippen molar-refractivity contribution in [2.45, 2.75) is 17.9 Å². The van der Waals surface area contributed by atoms with Crippen molar-refractivity contribution in [3.05, 3.63) is 130 Å². The van der Waals surface area contributed by atoms with Gasteiger partial charge in [-0.25, -0.2) is 0 Å². The van der Waals surface area contributed by atoms with Crippen LogP contribution in [0.5, 0.6) is 5.75 Å². The highest BCUT2D eigenvalue weighted by atomic mass is 35.5. The van der Waals surface area contributed by atoms with Crippen molar-refractivity contribution in [3.8, 4) is 5.75 Å². The van der Waals surface area contributed by atoms with Crippen LogP contribution >= 0.6 is 23.2 Å². The Balaban J connectivity index is 1.47. The van der Waals surface area contributed by atoms with E-state index in [0.717, 1.165) is 59.3 Å². The maximum Gasteiger partial charge on any atom is 0.118 e. The molecular weight excluding hydrogens is 527 g/mol. The fourth-order valence-electron chi connectivity index (χ4n) is 5.56. The summed E-state index contributed by atoms with van der Waals surface area (Å²) in [6, 6.07) is 34.0. The van der Waals surface area contributed by atoms with E-state index in [9.17, 15) is 5.11 Å². The molecule has 0 radical (unpaired) electrons. The van der Waals surface area contributed by atoms with Crippen LogP contribution in [0.2, 0.25) is 10.0 Å². The highest BCUT2D eigenvalue weighted by Gasteiger charge is 2.41. The van der Waals surface area contributed by atoms with Gasteiger partial charge in [0.05, 0.1) is 7.11 Å². The minimum atomic E-state index is -1.16. The van der Waals surface area contributed by atoms with Crippen molar-refractivity contribution in [2.24, 2.45) is 0 Å². The highest BCUT2D eigenvalue weighted by molar-refractivity contribution is 6.31. The van der Waals surface area contributed by atoms with Crippen LogP contribution in [0.1, 0.15) is 22.6 Å². The molecular formula is C33H34Cl2N2O2. The van der Waals surface area contributed by atoms with Gasteiger partial charge in [-0.15, -0.1) is 0 Å². The molecule has 1 N–H and O–H groups in total. The molecule has 39 heavy (non-hydrogen) atoms. The summed E-state index contributed by atoms with van der Waals surface area (Å²) in [5.74, 6) is 0.571. The molecule has 0 saturated carbocycles. The summed E-state index contributed by atoms with van der Waals surface area (Å²) in [5.41, 5.74) is 3.00. The number of ether oxygens (including phenoxy) is 1. The van der Waals surface area contributed by atoms with E-state index in [0.29, 0.717) is 18.0 Å². The smallest absolute Gasteiger partial charge is 0.118 e. The number of hydrogen-bond donors (Lipinski definition) is 1. The number of rotatable bonds is 9. The predicted octanol–water partition coefficient (Wildman–Crippen LogP) is 7.04. The lowest BCUT2D eigenvalue weighted by molar-refractivity contribution is -0.00553. The Bertz CT molecular complexity index is 1340. The Hall–Kier alpha value is -3.02. The molecule has 6 heteroatoms. The van der Waals surface area contributed by atoms with Crippen LogP contribution < -0.4 is 9.64 Å². The van der Waals surface area contributed by atoms with Crippen molar-refractivity contribution >= 4 is 28.9 Å². The number of methoxy groups -OCH3 is 1. The quantitative estimate of drug-likeness (QED) is 0.238. The summed E-state index contributed by atoms with van der Waals surface area (Å²) >= 11 is 12.5. The number of halogens is 2. The van der Waals surface area contributed by atoms with Gasteiger partial charge in [0.2, 0.25) is 0 Å². The molecule has 202 valence electrons. The zero-order chi connectivity index (χ0) is 27.2. The van der Waals surface area contributed by atoms with E-state index in [1.54, 1.807) is 7.11 Å². The van der Waals surface area contributed by atoms with Gasteiger partial charge in [-0.3, -0.25) is 4.90 Å². The molecule has 0 aliphatic carbocycles. The lowest BCUT2D eigenvalue weighted by Crippen LogP contribution is -2.50. The number of anilines is 1. The van der Waals surface area contributed by atoms with E-state index in [2.05, 4.69) is 40.1 Å². The van der Waals surface area contributed by atoms with Gasteiger partial charge in [0.15, 0.2) is 0 Å². The third kappa shape index (κ3) is 6.59. The minimum Gasteiger partial charge on any atom is -0.497 e. The van der Waals surface area contributed by atoms with Crippen LogP contribution in [0.4, 0.5) is 5.69 Å². The number of piperazine rings is 1. The molecule has 1 heterocycles. The van der Waals surface area contributed by atoms with Crippen LogP contribution in [-0.2, 0) is 12.0 Å². The zero-order valence-electron chi connectivity index (χ0n) is 22.1. The maximum atomic E-state index is 12.7. The number of nitrogens with zero attached hydrogens (tertiary/aromatic N) is 2. The van der Waals surface area contributed by atoms with Gasteiger partial charge in [0.1, 0.15) is 11.4 Å². The zero-order valence-corrected chi connectivity index (χ0v) is 23.7. The van der Waals surface area contributed by atoms with Crippen molar-refractivity contribution in [3.63, 3.8) is 0 Å². The maximum absolute atomic E-state index is 12.7. The van der Waals surface area contributed by atoms with Gasteiger partial charge in [0.25, 0.3) is 0 Å². The summed E-state index contributed by atoms with van der Waals surface area (Å²) < 4.78 is 5.42. The molecule has 1 fully saturated rings. The normalized spacial score (nSPS) is 16.5. The van der Waals surface area contributed by atoms with E-state index in [1.165, 1.54) is 0 Å². The Morgan fingerprint density at radius 1 is 0.795 bits per heavy atom. The lowest BCUT2D eigenvalue weighted by atomic mass is 9.73. The third-order valence-corrected chi connectivity index (χ3v) is 8.23. The monoisotopic (exact) mass is 560 g/mol. The molecule has 0 unspecified atom stereocenters. The number of hydrogen-bond acceptors (Lipinski definition) is 4. The molecule has 0 aromatic heterocycles. The number of benzene rings is 4. The van der Waals surface area contributed by atoms with E-state index < -0.39 is 5.60 Å². The molecule has 4 aromatic carbocycles. The first-order valence-electron chi connectivity index (χ1n) is 13.3. The van der Waals surface area contributed by atoms with Gasteiger partial charge in [-0.1, -0.05) is 83.9 Å². The summed E-state index contributed by atoms with van der Waals surface area (Å²) in [5, 5.41) is 14.2. The van der Waals surface area contributed by atoms with Crippen molar-refractivity contribution in [2.75, 3.05) is 44.7 Å². The van der Waals surface area contributed by atoms with Crippen LogP contribution in [0, 0.1) is 0 Å². The van der Waals surface area contributed by atoms with E-state index in [1.807, 2.05) is 72.8 Å². The lowest BCUT2D eigenvalue weighted by Gasteiger charge is -2.43. The van der Waals surface area contributed by atoms with Crippen LogP contribution in [0.25, 0.3) is 0 Å². The molecule has 0 bridgehead atoms. The SMILES string of the molecule is COc1ccc([C@@](O)(Cc2ccccc2)[C@@H](CN2CCN(c3cccc(Cl)c3)CC2)c2ccc(Cl)cc2)cc1.